The van der Waals surface area contributed by atoms with Gasteiger partial charge < -0.3 is 10.2 Å². The second-order valence-corrected chi connectivity index (χ2v) is 7.21. The summed E-state index contributed by atoms with van der Waals surface area (Å²) >= 11 is 7.42. The number of imide groups is 1. The maximum Gasteiger partial charge on any atom is 0.321 e. The number of nitrogens with one attached hydrogen (secondary N) is 2. The molecule has 0 atom stereocenters. The van der Waals surface area contributed by atoms with Gasteiger partial charge in [0.2, 0.25) is 5.91 Å². The molecular weight excluding hydrogens is 346 g/mol. The number of nitrogens with zero attached hydrogens (tertiary/aromatic N) is 1. The third-order valence-corrected chi connectivity index (χ3v) is 4.54. The lowest BCUT2D eigenvalue weighted by Gasteiger charge is -2.15. The predicted octanol–water partition coefficient (Wildman–Crippen LogP) is 3.25. The average molecular weight is 366 g/mol. The van der Waals surface area contributed by atoms with Crippen molar-refractivity contribution in [1.82, 2.24) is 15.5 Å². The number of hydrogen-bond donors (Lipinski definition) is 2. The molecule has 3 amide bonds. The van der Waals surface area contributed by atoms with Gasteiger partial charge in [0.05, 0.1) is 4.34 Å². The highest BCUT2D eigenvalue weighted by atomic mass is 35.5. The van der Waals surface area contributed by atoms with Crippen molar-refractivity contribution in [2.75, 3.05) is 13.6 Å². The van der Waals surface area contributed by atoms with Gasteiger partial charge in [-0.3, -0.25) is 10.1 Å². The average Bonchev–Trinajstić information content (AvgIpc) is 2.97. The Hall–Kier alpha value is -1.89. The van der Waals surface area contributed by atoms with E-state index in [4.69, 9.17) is 11.6 Å². The van der Waals surface area contributed by atoms with E-state index in [0.717, 1.165) is 21.3 Å². The van der Waals surface area contributed by atoms with E-state index in [0.29, 0.717) is 13.1 Å². The summed E-state index contributed by atoms with van der Waals surface area (Å²) in [4.78, 5) is 26.7. The van der Waals surface area contributed by atoms with E-state index in [1.54, 1.807) is 0 Å². The van der Waals surface area contributed by atoms with Gasteiger partial charge in [0.1, 0.15) is 0 Å². The Morgan fingerprint density at radius 1 is 1.17 bits per heavy atom. The van der Waals surface area contributed by atoms with Gasteiger partial charge in [-0.05, 0) is 24.7 Å². The summed E-state index contributed by atoms with van der Waals surface area (Å²) in [6.07, 6.45) is 0.258. The highest BCUT2D eigenvalue weighted by Gasteiger charge is 2.09. The highest BCUT2D eigenvalue weighted by Crippen LogP contribution is 2.22. The maximum atomic E-state index is 11.8. The Morgan fingerprint density at radius 2 is 1.92 bits per heavy atom. The zero-order chi connectivity index (χ0) is 17.4. The first-order valence-corrected chi connectivity index (χ1v) is 8.77. The smallest absolute Gasteiger partial charge is 0.321 e. The second-order valence-electron chi connectivity index (χ2n) is 5.41. The van der Waals surface area contributed by atoms with E-state index in [9.17, 15) is 9.59 Å². The van der Waals surface area contributed by atoms with Gasteiger partial charge in [-0.25, -0.2) is 4.79 Å². The summed E-state index contributed by atoms with van der Waals surface area (Å²) in [5.41, 5.74) is 0.981. The Bertz CT molecular complexity index is 675. The molecule has 7 heteroatoms. The standard InChI is InChI=1S/C17H20ClN3O2S/c1-21(12-14-7-8-15(18)24-14)10-9-16(22)20-17(23)19-11-13-5-3-2-4-6-13/h2-8H,9-12H2,1H3,(H2,19,20,22,23). The van der Waals surface area contributed by atoms with Crippen LogP contribution in [0.4, 0.5) is 4.79 Å². The fourth-order valence-electron chi connectivity index (χ4n) is 2.09. The van der Waals surface area contributed by atoms with Crippen LogP contribution in [0.3, 0.4) is 0 Å². The molecule has 1 heterocycles. The molecular formula is C17H20ClN3O2S. The number of carbonyl (C=O) groups excluding carboxylic acids is 2. The first kappa shape index (κ1) is 18.4. The number of urea groups is 1. The van der Waals surface area contributed by atoms with Gasteiger partial charge >= 0.3 is 6.03 Å². The number of rotatable bonds is 7. The molecule has 0 aliphatic carbocycles. The molecule has 2 aromatic rings. The monoisotopic (exact) mass is 365 g/mol. The normalized spacial score (nSPS) is 10.6. The van der Waals surface area contributed by atoms with E-state index >= 15 is 0 Å². The Balaban J connectivity index is 1.64. The summed E-state index contributed by atoms with van der Waals surface area (Å²) in [7, 11) is 1.93. The third kappa shape index (κ3) is 6.70. The topological polar surface area (TPSA) is 61.4 Å². The maximum absolute atomic E-state index is 11.8. The molecule has 1 aromatic heterocycles. The van der Waals surface area contributed by atoms with E-state index in [-0.39, 0.29) is 12.3 Å². The molecule has 1 aromatic carbocycles. The number of thiophene rings is 1. The Labute approximate surface area is 150 Å². The molecule has 0 fully saturated rings. The molecule has 0 spiro atoms. The number of amides is 3. The summed E-state index contributed by atoms with van der Waals surface area (Å²) < 4.78 is 0.756. The zero-order valence-electron chi connectivity index (χ0n) is 13.4. The van der Waals surface area contributed by atoms with Gasteiger partial charge in [0, 0.05) is 30.9 Å². The quantitative estimate of drug-likeness (QED) is 0.791. The van der Waals surface area contributed by atoms with Crippen molar-refractivity contribution in [3.63, 3.8) is 0 Å². The van der Waals surface area contributed by atoms with Crippen molar-refractivity contribution in [2.24, 2.45) is 0 Å². The van der Waals surface area contributed by atoms with E-state index in [2.05, 4.69) is 10.6 Å². The molecule has 0 radical (unpaired) electrons. The van der Waals surface area contributed by atoms with Crippen LogP contribution in [0.15, 0.2) is 42.5 Å². The summed E-state index contributed by atoms with van der Waals surface area (Å²) in [5.74, 6) is -0.295. The molecule has 128 valence electrons. The largest absolute Gasteiger partial charge is 0.334 e. The minimum Gasteiger partial charge on any atom is -0.334 e. The van der Waals surface area contributed by atoms with Crippen molar-refractivity contribution >= 4 is 34.9 Å². The van der Waals surface area contributed by atoms with Crippen LogP contribution in [0, 0.1) is 0 Å². The molecule has 0 saturated carbocycles. The van der Waals surface area contributed by atoms with Crippen LogP contribution in [0.2, 0.25) is 4.34 Å². The molecule has 5 nitrogen and oxygen atoms in total. The second kappa shape index (κ2) is 9.42. The zero-order valence-corrected chi connectivity index (χ0v) is 15.0. The van der Waals surface area contributed by atoms with Crippen LogP contribution >= 0.6 is 22.9 Å². The van der Waals surface area contributed by atoms with Crippen LogP contribution in [-0.4, -0.2) is 30.4 Å². The van der Waals surface area contributed by atoms with Gasteiger partial charge in [-0.2, -0.15) is 0 Å². The summed E-state index contributed by atoms with van der Waals surface area (Å²) in [6, 6.07) is 12.9. The lowest BCUT2D eigenvalue weighted by molar-refractivity contribution is -0.120. The molecule has 0 unspecified atom stereocenters. The third-order valence-electron chi connectivity index (χ3n) is 3.32. The first-order valence-electron chi connectivity index (χ1n) is 7.57. The van der Waals surface area contributed by atoms with Gasteiger partial charge in [0.25, 0.3) is 0 Å². The number of hydrogen-bond acceptors (Lipinski definition) is 4. The molecule has 0 bridgehead atoms. The predicted molar refractivity (Wildman–Crippen MR) is 97.1 cm³/mol. The summed E-state index contributed by atoms with van der Waals surface area (Å²) in [5, 5.41) is 5.00. The van der Waals surface area contributed by atoms with Gasteiger partial charge in [0.15, 0.2) is 0 Å². The molecule has 0 saturated heterocycles. The van der Waals surface area contributed by atoms with Crippen LogP contribution in [0.1, 0.15) is 16.9 Å². The van der Waals surface area contributed by atoms with E-state index in [1.165, 1.54) is 11.3 Å². The molecule has 0 aliphatic rings. The molecule has 0 aliphatic heterocycles. The van der Waals surface area contributed by atoms with Crippen molar-refractivity contribution < 1.29 is 9.59 Å². The number of halogens is 1. The minimum absolute atomic E-state index is 0.258. The lowest BCUT2D eigenvalue weighted by Crippen LogP contribution is -2.40. The fraction of sp³-hybridized carbons (Fsp3) is 0.294. The molecule has 24 heavy (non-hydrogen) atoms. The van der Waals surface area contributed by atoms with Crippen LogP contribution in [0.25, 0.3) is 0 Å². The first-order chi connectivity index (χ1) is 11.5. The van der Waals surface area contributed by atoms with Crippen LogP contribution < -0.4 is 10.6 Å². The Morgan fingerprint density at radius 3 is 2.58 bits per heavy atom. The number of carbonyl (C=O) groups is 2. The minimum atomic E-state index is -0.475. The van der Waals surface area contributed by atoms with Crippen LogP contribution in [-0.2, 0) is 17.9 Å². The van der Waals surface area contributed by atoms with Crippen LogP contribution in [0.5, 0.6) is 0 Å². The Kier molecular flexibility index (Phi) is 7.24. The van der Waals surface area contributed by atoms with E-state index < -0.39 is 6.03 Å². The van der Waals surface area contributed by atoms with Gasteiger partial charge in [-0.1, -0.05) is 41.9 Å². The molecule has 2 N–H and O–H groups in total. The van der Waals surface area contributed by atoms with Gasteiger partial charge in [-0.15, -0.1) is 11.3 Å². The summed E-state index contributed by atoms with van der Waals surface area (Å²) in [6.45, 7) is 1.68. The van der Waals surface area contributed by atoms with E-state index in [1.807, 2.05) is 54.4 Å². The molecule has 2 rings (SSSR count). The number of benzene rings is 1. The van der Waals surface area contributed by atoms with Crippen molar-refractivity contribution in [3.05, 3.63) is 57.2 Å². The lowest BCUT2D eigenvalue weighted by atomic mass is 10.2. The van der Waals surface area contributed by atoms with Crippen molar-refractivity contribution in [3.8, 4) is 0 Å². The van der Waals surface area contributed by atoms with Crippen molar-refractivity contribution in [1.29, 1.82) is 0 Å². The highest BCUT2D eigenvalue weighted by molar-refractivity contribution is 7.16. The SMILES string of the molecule is CN(CCC(=O)NC(=O)NCc1ccccc1)Cc1ccc(Cl)s1. The fourth-order valence-corrected chi connectivity index (χ4v) is 3.25. The van der Waals surface area contributed by atoms with Crippen molar-refractivity contribution in [2.45, 2.75) is 19.5 Å².